The van der Waals surface area contributed by atoms with Crippen LogP contribution < -0.4 is 10.9 Å². The van der Waals surface area contributed by atoms with Gasteiger partial charge in [-0.3, -0.25) is 14.6 Å². The Labute approximate surface area is 205 Å². The van der Waals surface area contributed by atoms with Gasteiger partial charge < -0.3 is 15.4 Å². The number of hydrogen-bond donors (Lipinski definition) is 3. The Kier molecular flexibility index (Phi) is 6.48. The van der Waals surface area contributed by atoms with E-state index in [-0.39, 0.29) is 22.8 Å². The second kappa shape index (κ2) is 9.24. The summed E-state index contributed by atoms with van der Waals surface area (Å²) in [5, 5.41) is 18.5. The van der Waals surface area contributed by atoms with Crippen molar-refractivity contribution in [1.29, 1.82) is 0 Å². The third-order valence-electron chi connectivity index (χ3n) is 5.66. The Morgan fingerprint density at radius 3 is 2.46 bits per heavy atom. The van der Waals surface area contributed by atoms with Gasteiger partial charge >= 0.3 is 0 Å². The summed E-state index contributed by atoms with van der Waals surface area (Å²) in [5.41, 5.74) is 0.174. The third kappa shape index (κ3) is 4.96. The number of amides is 1. The van der Waals surface area contributed by atoms with Gasteiger partial charge in [0, 0.05) is 18.0 Å². The van der Waals surface area contributed by atoms with Gasteiger partial charge in [-0.25, -0.2) is 8.91 Å². The predicted molar refractivity (Wildman–Crippen MR) is 131 cm³/mol. The lowest BCUT2D eigenvalue weighted by Gasteiger charge is -2.30. The summed E-state index contributed by atoms with van der Waals surface area (Å²) in [4.78, 5) is 33.4. The number of rotatable bonds is 6. The molecule has 0 saturated heterocycles. The Bertz CT molecular complexity index is 1440. The van der Waals surface area contributed by atoms with Crippen molar-refractivity contribution in [2.75, 3.05) is 0 Å². The second-order valence-corrected chi connectivity index (χ2v) is 9.62. The molecule has 0 bridgehead atoms. The first-order chi connectivity index (χ1) is 16.5. The molecule has 182 valence electrons. The van der Waals surface area contributed by atoms with Crippen LogP contribution in [-0.4, -0.2) is 36.2 Å². The third-order valence-corrected chi connectivity index (χ3v) is 5.88. The van der Waals surface area contributed by atoms with E-state index in [2.05, 4.69) is 20.4 Å². The first-order valence-corrected chi connectivity index (χ1v) is 11.4. The highest BCUT2D eigenvalue weighted by atomic mass is 35.5. The molecule has 10 heteroatoms. The highest BCUT2D eigenvalue weighted by Gasteiger charge is 2.32. The average Bonchev–Trinajstić information content (AvgIpc) is 3.18. The number of pyridine rings is 1. The molecule has 1 atom stereocenters. The molecule has 0 spiro atoms. The Morgan fingerprint density at radius 2 is 1.89 bits per heavy atom. The minimum atomic E-state index is -1.35. The molecule has 0 aliphatic carbocycles. The SMILES string of the molecule is CC(C)c1c(C(=O)N[C@@H](c2ccc(F)cc2)C(C)(C)O)cn2nc(-c3ccc(Cl)cn3)[nH]c(=O)c12. The lowest BCUT2D eigenvalue weighted by Crippen LogP contribution is -2.42. The minimum Gasteiger partial charge on any atom is -0.388 e. The molecule has 3 N–H and O–H groups in total. The Morgan fingerprint density at radius 1 is 1.20 bits per heavy atom. The lowest BCUT2D eigenvalue weighted by atomic mass is 9.91. The number of aromatic nitrogens is 4. The number of hydrogen-bond acceptors (Lipinski definition) is 5. The van der Waals surface area contributed by atoms with E-state index < -0.39 is 28.9 Å². The van der Waals surface area contributed by atoms with Gasteiger partial charge in [0.25, 0.3) is 11.5 Å². The molecule has 0 fully saturated rings. The zero-order valence-electron chi connectivity index (χ0n) is 19.6. The van der Waals surface area contributed by atoms with Crippen LogP contribution in [0.4, 0.5) is 4.39 Å². The molecule has 0 radical (unpaired) electrons. The molecule has 0 aliphatic heterocycles. The van der Waals surface area contributed by atoms with Gasteiger partial charge in [-0.05, 0) is 49.6 Å². The van der Waals surface area contributed by atoms with Crippen molar-refractivity contribution in [2.45, 2.75) is 45.3 Å². The van der Waals surface area contributed by atoms with Crippen LogP contribution in [-0.2, 0) is 0 Å². The highest BCUT2D eigenvalue weighted by molar-refractivity contribution is 6.30. The molecule has 1 amide bonds. The molecular weight excluding hydrogens is 473 g/mol. The van der Waals surface area contributed by atoms with Crippen molar-refractivity contribution >= 4 is 23.0 Å². The molecule has 1 aromatic carbocycles. The van der Waals surface area contributed by atoms with E-state index in [1.165, 1.54) is 41.2 Å². The number of aromatic amines is 1. The van der Waals surface area contributed by atoms with E-state index in [0.717, 1.165) is 0 Å². The van der Waals surface area contributed by atoms with Crippen molar-refractivity contribution in [3.05, 3.63) is 86.7 Å². The maximum absolute atomic E-state index is 13.5. The molecule has 0 aliphatic rings. The van der Waals surface area contributed by atoms with Gasteiger partial charge in [-0.2, -0.15) is 0 Å². The van der Waals surface area contributed by atoms with Crippen molar-refractivity contribution in [3.8, 4) is 11.5 Å². The minimum absolute atomic E-state index is 0.186. The quantitative estimate of drug-likeness (QED) is 0.369. The second-order valence-electron chi connectivity index (χ2n) is 9.18. The van der Waals surface area contributed by atoms with Crippen LogP contribution in [0.25, 0.3) is 17.0 Å². The summed E-state index contributed by atoms with van der Waals surface area (Å²) in [7, 11) is 0. The summed E-state index contributed by atoms with van der Waals surface area (Å²) < 4.78 is 14.8. The molecule has 4 rings (SSSR count). The van der Waals surface area contributed by atoms with E-state index in [4.69, 9.17) is 11.6 Å². The molecule has 8 nitrogen and oxygen atoms in total. The van der Waals surface area contributed by atoms with Gasteiger partial charge in [0.05, 0.1) is 22.2 Å². The highest BCUT2D eigenvalue weighted by Crippen LogP contribution is 2.29. The number of aliphatic hydroxyl groups is 1. The first-order valence-electron chi connectivity index (χ1n) is 11.0. The number of fused-ring (bicyclic) bond motifs is 1. The standard InChI is InChI=1S/C25H25ClFN5O3/c1-13(2)19-17(23(33)29-21(25(3,4)35)14-5-8-16(27)9-6-14)12-32-20(19)24(34)30-22(31-32)18-10-7-15(26)11-28-18/h5-13,21,35H,1-4H3,(H,29,33)(H,30,31,34)/t21-/m0/s1. The number of H-pyrrole nitrogens is 1. The average molecular weight is 498 g/mol. The molecule has 3 aromatic heterocycles. The van der Waals surface area contributed by atoms with Crippen LogP contribution in [0.1, 0.15) is 61.1 Å². The summed E-state index contributed by atoms with van der Waals surface area (Å²) in [6.45, 7) is 6.85. The zero-order valence-corrected chi connectivity index (χ0v) is 20.4. The number of carbonyl (C=O) groups is 1. The number of halogens is 2. The van der Waals surface area contributed by atoms with Crippen molar-refractivity contribution in [3.63, 3.8) is 0 Å². The summed E-state index contributed by atoms with van der Waals surface area (Å²) in [6.07, 6.45) is 2.93. The Balaban J connectivity index is 1.79. The zero-order chi connectivity index (χ0) is 25.5. The first kappa shape index (κ1) is 24.6. The van der Waals surface area contributed by atoms with Gasteiger partial charge in [0.2, 0.25) is 0 Å². The monoisotopic (exact) mass is 497 g/mol. The normalized spacial score (nSPS) is 12.8. The Hall–Kier alpha value is -3.56. The van der Waals surface area contributed by atoms with Gasteiger partial charge in [-0.15, -0.1) is 5.10 Å². The van der Waals surface area contributed by atoms with Crippen molar-refractivity contribution < 1.29 is 14.3 Å². The molecule has 3 heterocycles. The predicted octanol–water partition coefficient (Wildman–Crippen LogP) is 4.24. The van der Waals surface area contributed by atoms with Crippen LogP contribution in [0.15, 0.2) is 53.6 Å². The van der Waals surface area contributed by atoms with Gasteiger partial charge in [0.1, 0.15) is 17.0 Å². The van der Waals surface area contributed by atoms with E-state index in [1.54, 1.807) is 26.0 Å². The maximum Gasteiger partial charge on any atom is 0.275 e. The molecule has 0 unspecified atom stereocenters. The maximum atomic E-state index is 13.5. The van der Waals surface area contributed by atoms with Gasteiger partial charge in [0.15, 0.2) is 5.82 Å². The topological polar surface area (TPSA) is 112 Å². The number of benzene rings is 1. The van der Waals surface area contributed by atoms with Crippen LogP contribution in [0.2, 0.25) is 5.02 Å². The fraction of sp³-hybridized carbons (Fsp3) is 0.280. The van der Waals surface area contributed by atoms with E-state index in [9.17, 15) is 19.1 Å². The summed E-state index contributed by atoms with van der Waals surface area (Å²) in [6, 6.07) is 7.98. The van der Waals surface area contributed by atoms with Crippen LogP contribution in [0, 0.1) is 5.82 Å². The van der Waals surface area contributed by atoms with Crippen molar-refractivity contribution in [1.82, 2.24) is 24.9 Å². The van der Waals surface area contributed by atoms with E-state index in [1.807, 2.05) is 13.8 Å². The fourth-order valence-corrected chi connectivity index (χ4v) is 4.15. The molecule has 0 saturated carbocycles. The van der Waals surface area contributed by atoms with Gasteiger partial charge in [-0.1, -0.05) is 37.6 Å². The number of nitrogens with one attached hydrogen (secondary N) is 2. The van der Waals surface area contributed by atoms with E-state index >= 15 is 0 Å². The van der Waals surface area contributed by atoms with Crippen molar-refractivity contribution in [2.24, 2.45) is 0 Å². The number of nitrogens with zero attached hydrogens (tertiary/aromatic N) is 3. The molecule has 35 heavy (non-hydrogen) atoms. The van der Waals surface area contributed by atoms with Crippen LogP contribution in [0.3, 0.4) is 0 Å². The smallest absolute Gasteiger partial charge is 0.275 e. The van der Waals surface area contributed by atoms with Crippen LogP contribution >= 0.6 is 11.6 Å². The molecular formula is C25H25ClFN5O3. The molecule has 4 aromatic rings. The number of carbonyl (C=O) groups excluding carboxylic acids is 1. The summed E-state index contributed by atoms with van der Waals surface area (Å²) in [5.74, 6) is -0.889. The largest absolute Gasteiger partial charge is 0.388 e. The fourth-order valence-electron chi connectivity index (χ4n) is 4.04. The van der Waals surface area contributed by atoms with Crippen LogP contribution in [0.5, 0.6) is 0 Å². The van der Waals surface area contributed by atoms with E-state index in [0.29, 0.717) is 21.8 Å². The summed E-state index contributed by atoms with van der Waals surface area (Å²) >= 11 is 5.90. The lowest BCUT2D eigenvalue weighted by molar-refractivity contribution is 0.0343.